The fourth-order valence-electron chi connectivity index (χ4n) is 3.27. The summed E-state index contributed by atoms with van der Waals surface area (Å²) in [5, 5.41) is 11.9. The van der Waals surface area contributed by atoms with Gasteiger partial charge in [0.2, 0.25) is 0 Å². The molecule has 0 aromatic heterocycles. The van der Waals surface area contributed by atoms with Gasteiger partial charge in [0.25, 0.3) is 0 Å². The Labute approximate surface area is 128 Å². The number of allylic oxidation sites excluding steroid dienone is 3. The van der Waals surface area contributed by atoms with Crippen molar-refractivity contribution >= 4 is 11.7 Å². The quantitative estimate of drug-likeness (QED) is 0.927. The van der Waals surface area contributed by atoms with Gasteiger partial charge in [-0.1, -0.05) is 24.3 Å². The Balaban J connectivity index is 1.79. The van der Waals surface area contributed by atoms with Gasteiger partial charge in [-0.3, -0.25) is 0 Å². The van der Waals surface area contributed by atoms with Crippen molar-refractivity contribution in [2.45, 2.75) is 31.1 Å². The number of hydrogen-bond donors (Lipinski definition) is 1. The number of urea groups is 1. The van der Waals surface area contributed by atoms with Crippen LogP contribution in [0, 0.1) is 11.3 Å². The minimum Gasteiger partial charge on any atom is -0.304 e. The van der Waals surface area contributed by atoms with E-state index in [4.69, 9.17) is 5.26 Å². The predicted octanol–water partition coefficient (Wildman–Crippen LogP) is 3.33. The minimum atomic E-state index is -0.306. The standard InChI is InChI=1S/C18H15N3O/c19-9-8-12-2-1-3-14(11-4-5-11)17(12)13-6-7-15-16(10-13)21-18(22)20-15/h1-3,6-7,10-11,13H,4-5,8H2,(H,21,22). The van der Waals surface area contributed by atoms with Gasteiger partial charge in [-0.15, -0.1) is 0 Å². The monoisotopic (exact) mass is 289 g/mol. The Bertz CT molecular complexity index is 791. The first-order valence-corrected chi connectivity index (χ1v) is 7.55. The largest absolute Gasteiger partial charge is 0.346 e. The van der Waals surface area contributed by atoms with Crippen LogP contribution in [0.2, 0.25) is 0 Å². The first kappa shape index (κ1) is 13.0. The summed E-state index contributed by atoms with van der Waals surface area (Å²) >= 11 is 0. The lowest BCUT2D eigenvalue weighted by Crippen LogP contribution is -2.17. The maximum Gasteiger partial charge on any atom is 0.346 e. The molecule has 0 saturated heterocycles. The van der Waals surface area contributed by atoms with Crippen molar-refractivity contribution in [3.63, 3.8) is 0 Å². The van der Waals surface area contributed by atoms with E-state index in [9.17, 15) is 4.79 Å². The number of rotatable bonds is 3. The zero-order chi connectivity index (χ0) is 15.1. The zero-order valence-electron chi connectivity index (χ0n) is 12.0. The highest BCUT2D eigenvalue weighted by Gasteiger charge is 2.30. The van der Waals surface area contributed by atoms with E-state index in [2.05, 4.69) is 28.5 Å². The fraction of sp³-hybridized carbons (Fsp3) is 0.278. The Morgan fingerprint density at radius 2 is 2.23 bits per heavy atom. The molecule has 22 heavy (non-hydrogen) atoms. The molecule has 1 aliphatic heterocycles. The molecule has 2 aliphatic carbocycles. The molecule has 4 rings (SSSR count). The van der Waals surface area contributed by atoms with E-state index in [0.29, 0.717) is 18.1 Å². The molecule has 1 fully saturated rings. The maximum atomic E-state index is 11.4. The van der Waals surface area contributed by atoms with Crippen molar-refractivity contribution in [1.82, 2.24) is 5.32 Å². The molecule has 4 heteroatoms. The third kappa shape index (κ3) is 2.15. The second-order valence-corrected chi connectivity index (χ2v) is 5.92. The molecule has 1 heterocycles. The highest BCUT2D eigenvalue weighted by Crippen LogP contribution is 2.45. The van der Waals surface area contributed by atoms with E-state index < -0.39 is 0 Å². The summed E-state index contributed by atoms with van der Waals surface area (Å²) in [7, 11) is 0. The SMILES string of the molecule is N#CCc1cccc(C2CC2)c1C1C=CC2=NC(=O)NC2=C1. The Morgan fingerprint density at radius 1 is 1.36 bits per heavy atom. The number of carbonyl (C=O) groups is 1. The van der Waals surface area contributed by atoms with Crippen molar-refractivity contribution < 1.29 is 4.79 Å². The van der Waals surface area contributed by atoms with Gasteiger partial charge in [-0.2, -0.15) is 10.3 Å². The average Bonchev–Trinajstić information content (AvgIpc) is 3.28. The van der Waals surface area contributed by atoms with Gasteiger partial charge in [-0.05, 0) is 47.6 Å². The third-order valence-corrected chi connectivity index (χ3v) is 4.40. The lowest BCUT2D eigenvalue weighted by molar-refractivity contribution is 0.253. The van der Waals surface area contributed by atoms with E-state index in [0.717, 1.165) is 11.3 Å². The van der Waals surface area contributed by atoms with Crippen LogP contribution in [0.1, 0.15) is 41.4 Å². The van der Waals surface area contributed by atoms with Crippen LogP contribution in [0.15, 0.2) is 47.1 Å². The van der Waals surface area contributed by atoms with Crippen LogP contribution in [-0.2, 0) is 6.42 Å². The number of amides is 2. The van der Waals surface area contributed by atoms with Crippen molar-refractivity contribution in [3.05, 3.63) is 58.8 Å². The van der Waals surface area contributed by atoms with Crippen LogP contribution in [-0.4, -0.2) is 11.7 Å². The normalized spacial score (nSPS) is 22.5. The summed E-state index contributed by atoms with van der Waals surface area (Å²) in [6, 6.07) is 8.22. The summed E-state index contributed by atoms with van der Waals surface area (Å²) in [5.41, 5.74) is 5.15. The van der Waals surface area contributed by atoms with Gasteiger partial charge in [0, 0.05) is 5.92 Å². The lowest BCUT2D eigenvalue weighted by Gasteiger charge is -2.21. The number of nitriles is 1. The fourth-order valence-corrected chi connectivity index (χ4v) is 3.27. The first-order chi connectivity index (χ1) is 10.8. The van der Waals surface area contributed by atoms with Gasteiger partial charge >= 0.3 is 6.03 Å². The predicted molar refractivity (Wildman–Crippen MR) is 83.7 cm³/mol. The molecule has 0 bridgehead atoms. The Kier molecular flexibility index (Phi) is 2.93. The third-order valence-electron chi connectivity index (χ3n) is 4.40. The minimum absolute atomic E-state index is 0.0903. The van der Waals surface area contributed by atoms with Crippen LogP contribution in [0.25, 0.3) is 0 Å². The second-order valence-electron chi connectivity index (χ2n) is 5.92. The topological polar surface area (TPSA) is 65.2 Å². The number of fused-ring (bicyclic) bond motifs is 1. The molecular weight excluding hydrogens is 274 g/mol. The van der Waals surface area contributed by atoms with Crippen molar-refractivity contribution in [2.75, 3.05) is 0 Å². The molecule has 1 aromatic rings. The highest BCUT2D eigenvalue weighted by atomic mass is 16.2. The maximum absolute atomic E-state index is 11.4. The smallest absolute Gasteiger partial charge is 0.304 e. The van der Waals surface area contributed by atoms with Crippen LogP contribution >= 0.6 is 0 Å². The van der Waals surface area contributed by atoms with E-state index in [1.807, 2.05) is 24.3 Å². The van der Waals surface area contributed by atoms with Gasteiger partial charge in [0.1, 0.15) is 0 Å². The average molecular weight is 289 g/mol. The second kappa shape index (κ2) is 4.96. The molecule has 4 nitrogen and oxygen atoms in total. The van der Waals surface area contributed by atoms with Crippen LogP contribution in [0.5, 0.6) is 0 Å². The lowest BCUT2D eigenvalue weighted by atomic mass is 9.84. The Hall–Kier alpha value is -2.67. The van der Waals surface area contributed by atoms with Gasteiger partial charge < -0.3 is 5.32 Å². The molecule has 1 atom stereocenters. The highest BCUT2D eigenvalue weighted by molar-refractivity contribution is 6.19. The number of hydrogen-bond acceptors (Lipinski definition) is 2. The molecule has 1 saturated carbocycles. The summed E-state index contributed by atoms with van der Waals surface area (Å²) < 4.78 is 0. The van der Waals surface area contributed by atoms with E-state index in [1.165, 1.54) is 24.0 Å². The molecule has 0 radical (unpaired) electrons. The first-order valence-electron chi connectivity index (χ1n) is 7.55. The molecular formula is C18H15N3O. The number of carbonyl (C=O) groups excluding carboxylic acids is 1. The molecule has 0 spiro atoms. The van der Waals surface area contributed by atoms with Gasteiger partial charge in [0.15, 0.2) is 0 Å². The summed E-state index contributed by atoms with van der Waals surface area (Å²) in [6.07, 6.45) is 8.88. The number of aliphatic imine (C=N–C) groups is 1. The number of nitrogens with zero attached hydrogens (tertiary/aromatic N) is 2. The molecule has 1 unspecified atom stereocenters. The number of benzene rings is 1. The van der Waals surface area contributed by atoms with Gasteiger partial charge in [-0.25, -0.2) is 4.79 Å². The van der Waals surface area contributed by atoms with Crippen molar-refractivity contribution in [2.24, 2.45) is 4.99 Å². The number of nitrogens with one attached hydrogen (secondary N) is 1. The summed E-state index contributed by atoms with van der Waals surface area (Å²) in [4.78, 5) is 15.3. The zero-order valence-corrected chi connectivity index (χ0v) is 12.0. The Morgan fingerprint density at radius 3 is 3.00 bits per heavy atom. The van der Waals surface area contributed by atoms with Crippen molar-refractivity contribution in [3.8, 4) is 6.07 Å². The molecule has 3 aliphatic rings. The summed E-state index contributed by atoms with van der Waals surface area (Å²) in [6.45, 7) is 0. The van der Waals surface area contributed by atoms with E-state index in [1.54, 1.807) is 0 Å². The van der Waals surface area contributed by atoms with E-state index >= 15 is 0 Å². The molecule has 1 N–H and O–H groups in total. The van der Waals surface area contributed by atoms with Gasteiger partial charge in [0.05, 0.1) is 23.9 Å². The van der Waals surface area contributed by atoms with Crippen LogP contribution < -0.4 is 5.32 Å². The molecule has 1 aromatic carbocycles. The van der Waals surface area contributed by atoms with Crippen molar-refractivity contribution in [1.29, 1.82) is 5.26 Å². The summed E-state index contributed by atoms with van der Waals surface area (Å²) in [5.74, 6) is 0.709. The van der Waals surface area contributed by atoms with Crippen LogP contribution in [0.3, 0.4) is 0 Å². The van der Waals surface area contributed by atoms with Crippen LogP contribution in [0.4, 0.5) is 4.79 Å². The molecule has 2 amide bonds. The van der Waals surface area contributed by atoms with E-state index in [-0.39, 0.29) is 11.9 Å². The molecule has 108 valence electrons.